The standard InChI is InChI=1S/C13H18N4O/c1-9(2)17-7-5-11(16-17)8-13(18)12-4-6-14-10(3)15-12/h4-7,9,13,18H,8H2,1-3H3. The van der Waals surface area contributed by atoms with Crippen LogP contribution in [-0.4, -0.2) is 24.9 Å². The molecule has 5 nitrogen and oxygen atoms in total. The Hall–Kier alpha value is -1.75. The molecule has 1 N–H and O–H groups in total. The molecule has 0 spiro atoms. The van der Waals surface area contributed by atoms with Crippen LogP contribution < -0.4 is 0 Å². The van der Waals surface area contributed by atoms with Crippen molar-refractivity contribution in [3.05, 3.63) is 41.7 Å². The Morgan fingerprint density at radius 3 is 2.72 bits per heavy atom. The summed E-state index contributed by atoms with van der Waals surface area (Å²) >= 11 is 0. The lowest BCUT2D eigenvalue weighted by Crippen LogP contribution is -2.07. The predicted octanol–water partition coefficient (Wildman–Crippen LogP) is 1.84. The van der Waals surface area contributed by atoms with E-state index in [4.69, 9.17) is 0 Å². The molecule has 0 saturated heterocycles. The summed E-state index contributed by atoms with van der Waals surface area (Å²) in [6.07, 6.45) is 3.42. The molecule has 96 valence electrons. The van der Waals surface area contributed by atoms with Gasteiger partial charge < -0.3 is 5.11 Å². The third kappa shape index (κ3) is 2.92. The molecule has 1 atom stereocenters. The Bertz CT molecular complexity index is 521. The molecular weight excluding hydrogens is 228 g/mol. The Kier molecular flexibility index (Phi) is 3.72. The second kappa shape index (κ2) is 5.27. The van der Waals surface area contributed by atoms with Gasteiger partial charge >= 0.3 is 0 Å². The topological polar surface area (TPSA) is 63.8 Å². The first-order valence-corrected chi connectivity index (χ1v) is 6.08. The normalized spacial score (nSPS) is 12.9. The van der Waals surface area contributed by atoms with Crippen molar-refractivity contribution in [1.82, 2.24) is 19.7 Å². The van der Waals surface area contributed by atoms with Gasteiger partial charge in [0, 0.05) is 24.9 Å². The van der Waals surface area contributed by atoms with Crippen molar-refractivity contribution in [3.8, 4) is 0 Å². The lowest BCUT2D eigenvalue weighted by Gasteiger charge is -2.09. The van der Waals surface area contributed by atoms with Crippen LogP contribution in [0.2, 0.25) is 0 Å². The van der Waals surface area contributed by atoms with Crippen LogP contribution in [0.4, 0.5) is 0 Å². The molecule has 2 rings (SSSR count). The Balaban J connectivity index is 2.08. The number of hydrogen-bond acceptors (Lipinski definition) is 4. The maximum atomic E-state index is 10.1. The van der Waals surface area contributed by atoms with E-state index in [9.17, 15) is 5.11 Å². The average Bonchev–Trinajstić information content (AvgIpc) is 2.77. The van der Waals surface area contributed by atoms with Crippen molar-refractivity contribution in [2.24, 2.45) is 0 Å². The third-order valence-corrected chi connectivity index (χ3v) is 2.73. The van der Waals surface area contributed by atoms with E-state index in [1.165, 1.54) is 0 Å². The number of aryl methyl sites for hydroxylation is 1. The molecule has 2 aromatic rings. The fraction of sp³-hybridized carbons (Fsp3) is 0.462. The van der Waals surface area contributed by atoms with E-state index in [0.29, 0.717) is 24.0 Å². The quantitative estimate of drug-likeness (QED) is 0.894. The van der Waals surface area contributed by atoms with Crippen LogP contribution >= 0.6 is 0 Å². The SMILES string of the molecule is Cc1nccc(C(O)Cc2ccn(C(C)C)n2)n1. The fourth-order valence-corrected chi connectivity index (χ4v) is 1.74. The average molecular weight is 246 g/mol. The van der Waals surface area contributed by atoms with Gasteiger partial charge in [-0.1, -0.05) is 0 Å². The summed E-state index contributed by atoms with van der Waals surface area (Å²) in [6, 6.07) is 3.99. The van der Waals surface area contributed by atoms with Crippen molar-refractivity contribution < 1.29 is 5.11 Å². The zero-order chi connectivity index (χ0) is 13.1. The molecule has 0 aliphatic carbocycles. The molecule has 5 heteroatoms. The Morgan fingerprint density at radius 1 is 1.33 bits per heavy atom. The third-order valence-electron chi connectivity index (χ3n) is 2.73. The minimum atomic E-state index is -0.637. The van der Waals surface area contributed by atoms with Crippen LogP contribution in [0.25, 0.3) is 0 Å². The van der Waals surface area contributed by atoms with Crippen molar-refractivity contribution in [1.29, 1.82) is 0 Å². The van der Waals surface area contributed by atoms with Gasteiger partial charge in [-0.2, -0.15) is 5.10 Å². The number of aliphatic hydroxyl groups excluding tert-OH is 1. The highest BCUT2D eigenvalue weighted by molar-refractivity contribution is 5.10. The molecular formula is C13H18N4O. The van der Waals surface area contributed by atoms with Gasteiger partial charge in [-0.25, -0.2) is 9.97 Å². The van der Waals surface area contributed by atoms with Crippen LogP contribution in [0.5, 0.6) is 0 Å². The van der Waals surface area contributed by atoms with Gasteiger partial charge in [-0.05, 0) is 32.9 Å². The molecule has 18 heavy (non-hydrogen) atoms. The number of hydrogen-bond donors (Lipinski definition) is 1. The highest BCUT2D eigenvalue weighted by Crippen LogP contribution is 2.15. The second-order valence-corrected chi connectivity index (χ2v) is 4.63. The largest absolute Gasteiger partial charge is 0.386 e. The molecule has 0 aliphatic rings. The lowest BCUT2D eigenvalue weighted by molar-refractivity contribution is 0.171. The highest BCUT2D eigenvalue weighted by atomic mass is 16.3. The molecule has 0 bridgehead atoms. The van der Waals surface area contributed by atoms with Crippen LogP contribution in [0.1, 0.15) is 43.2 Å². The first kappa shape index (κ1) is 12.7. The van der Waals surface area contributed by atoms with Gasteiger partial charge in [0.15, 0.2) is 0 Å². The zero-order valence-electron chi connectivity index (χ0n) is 10.9. The molecule has 0 aromatic carbocycles. The first-order valence-electron chi connectivity index (χ1n) is 6.08. The molecule has 2 heterocycles. The fourth-order valence-electron chi connectivity index (χ4n) is 1.74. The molecule has 0 amide bonds. The smallest absolute Gasteiger partial charge is 0.125 e. The predicted molar refractivity (Wildman–Crippen MR) is 68.0 cm³/mol. The second-order valence-electron chi connectivity index (χ2n) is 4.63. The van der Waals surface area contributed by atoms with E-state index in [2.05, 4.69) is 28.9 Å². The molecule has 0 aliphatic heterocycles. The highest BCUT2D eigenvalue weighted by Gasteiger charge is 2.12. The van der Waals surface area contributed by atoms with Crippen LogP contribution in [0, 0.1) is 6.92 Å². The molecule has 0 radical (unpaired) electrons. The summed E-state index contributed by atoms with van der Waals surface area (Å²) in [6.45, 7) is 5.95. The van der Waals surface area contributed by atoms with E-state index in [1.807, 2.05) is 23.9 Å². The minimum absolute atomic E-state index is 0.331. The van der Waals surface area contributed by atoms with Crippen LogP contribution in [-0.2, 0) is 6.42 Å². The van der Waals surface area contributed by atoms with Gasteiger partial charge in [0.2, 0.25) is 0 Å². The molecule has 0 fully saturated rings. The van der Waals surface area contributed by atoms with E-state index >= 15 is 0 Å². The summed E-state index contributed by atoms with van der Waals surface area (Å²) in [5.41, 5.74) is 1.51. The van der Waals surface area contributed by atoms with Gasteiger partial charge in [-0.3, -0.25) is 4.68 Å². The number of aliphatic hydroxyl groups is 1. The molecule has 2 aromatic heterocycles. The summed E-state index contributed by atoms with van der Waals surface area (Å²) in [5.74, 6) is 0.666. The van der Waals surface area contributed by atoms with Crippen molar-refractivity contribution in [3.63, 3.8) is 0 Å². The van der Waals surface area contributed by atoms with Crippen molar-refractivity contribution >= 4 is 0 Å². The lowest BCUT2D eigenvalue weighted by atomic mass is 10.1. The van der Waals surface area contributed by atoms with E-state index < -0.39 is 6.10 Å². The Labute approximate surface area is 107 Å². The van der Waals surface area contributed by atoms with Crippen molar-refractivity contribution in [2.45, 2.75) is 39.3 Å². The Morgan fingerprint density at radius 2 is 2.11 bits per heavy atom. The summed E-state index contributed by atoms with van der Waals surface area (Å²) in [4.78, 5) is 8.23. The van der Waals surface area contributed by atoms with Gasteiger partial charge in [-0.15, -0.1) is 0 Å². The minimum Gasteiger partial charge on any atom is -0.386 e. The monoisotopic (exact) mass is 246 g/mol. The van der Waals surface area contributed by atoms with E-state index in [-0.39, 0.29) is 0 Å². The zero-order valence-corrected chi connectivity index (χ0v) is 10.9. The van der Waals surface area contributed by atoms with Crippen molar-refractivity contribution in [2.75, 3.05) is 0 Å². The van der Waals surface area contributed by atoms with Gasteiger partial charge in [0.1, 0.15) is 11.9 Å². The first-order chi connectivity index (χ1) is 8.56. The summed E-state index contributed by atoms with van der Waals surface area (Å²) in [7, 11) is 0. The number of rotatable bonds is 4. The maximum absolute atomic E-state index is 10.1. The van der Waals surface area contributed by atoms with Crippen LogP contribution in [0.15, 0.2) is 24.5 Å². The molecule has 1 unspecified atom stereocenters. The van der Waals surface area contributed by atoms with E-state index in [0.717, 1.165) is 5.69 Å². The summed E-state index contributed by atoms with van der Waals surface area (Å²) in [5, 5.41) is 14.5. The van der Waals surface area contributed by atoms with E-state index in [1.54, 1.807) is 12.3 Å². The maximum Gasteiger partial charge on any atom is 0.125 e. The molecule has 0 saturated carbocycles. The van der Waals surface area contributed by atoms with Gasteiger partial charge in [0.05, 0.1) is 11.4 Å². The summed E-state index contributed by atoms with van der Waals surface area (Å²) < 4.78 is 1.88. The van der Waals surface area contributed by atoms with Crippen LogP contribution in [0.3, 0.4) is 0 Å². The van der Waals surface area contributed by atoms with Gasteiger partial charge in [0.25, 0.3) is 0 Å². The number of nitrogens with zero attached hydrogens (tertiary/aromatic N) is 4. The number of aromatic nitrogens is 4.